The van der Waals surface area contributed by atoms with Crippen LogP contribution >= 0.6 is 23.1 Å². The third kappa shape index (κ3) is 5.05. The van der Waals surface area contributed by atoms with E-state index in [9.17, 15) is 9.59 Å². The molecular formula is C26H25N5O3S2. The highest BCUT2D eigenvalue weighted by Crippen LogP contribution is 2.39. The van der Waals surface area contributed by atoms with Gasteiger partial charge in [0.2, 0.25) is 5.91 Å². The Balaban J connectivity index is 1.38. The third-order valence-corrected chi connectivity index (χ3v) is 7.96. The van der Waals surface area contributed by atoms with Gasteiger partial charge in [-0.25, -0.2) is 4.79 Å². The first-order chi connectivity index (χ1) is 17.7. The number of anilines is 1. The van der Waals surface area contributed by atoms with Crippen LogP contribution in [0.1, 0.15) is 40.6 Å². The Bertz CT molecular complexity index is 1370. The quantitative estimate of drug-likeness (QED) is 0.253. The van der Waals surface area contributed by atoms with E-state index in [4.69, 9.17) is 4.74 Å². The molecule has 184 valence electrons. The molecule has 0 spiro atoms. The predicted octanol–water partition coefficient (Wildman–Crippen LogP) is 5.18. The molecule has 1 amide bonds. The van der Waals surface area contributed by atoms with Crippen LogP contribution in [-0.4, -0.2) is 44.0 Å². The molecule has 1 N–H and O–H groups in total. The second-order valence-electron chi connectivity index (χ2n) is 8.19. The molecule has 0 radical (unpaired) electrons. The minimum absolute atomic E-state index is 0.117. The molecule has 36 heavy (non-hydrogen) atoms. The lowest BCUT2D eigenvalue weighted by Gasteiger charge is -2.12. The van der Waals surface area contributed by atoms with Gasteiger partial charge in [-0.05, 0) is 62.4 Å². The number of aryl methyl sites for hydroxylation is 1. The first-order valence-corrected chi connectivity index (χ1v) is 13.6. The average molecular weight is 520 g/mol. The number of nitrogens with zero attached hydrogens (tertiary/aromatic N) is 4. The summed E-state index contributed by atoms with van der Waals surface area (Å²) in [5.41, 5.74) is 3.31. The number of rotatable bonds is 8. The Labute approximate surface area is 217 Å². The lowest BCUT2D eigenvalue weighted by Crippen LogP contribution is -2.17. The largest absolute Gasteiger partial charge is 0.462 e. The van der Waals surface area contributed by atoms with E-state index in [2.05, 4.69) is 20.5 Å². The summed E-state index contributed by atoms with van der Waals surface area (Å²) >= 11 is 2.78. The Morgan fingerprint density at radius 3 is 2.64 bits per heavy atom. The zero-order valence-electron chi connectivity index (χ0n) is 19.8. The average Bonchev–Trinajstić information content (AvgIpc) is 3.50. The fraction of sp³-hybridized carbons (Fsp3) is 0.269. The molecule has 3 heterocycles. The summed E-state index contributed by atoms with van der Waals surface area (Å²) in [6.45, 7) is 2.08. The Morgan fingerprint density at radius 1 is 1.08 bits per heavy atom. The van der Waals surface area contributed by atoms with Crippen molar-refractivity contribution in [1.82, 2.24) is 19.7 Å². The number of pyridine rings is 1. The van der Waals surface area contributed by atoms with E-state index in [1.54, 1.807) is 19.3 Å². The Hall–Kier alpha value is -3.50. The first kappa shape index (κ1) is 24.2. The zero-order valence-corrected chi connectivity index (χ0v) is 21.4. The van der Waals surface area contributed by atoms with Crippen LogP contribution in [0.15, 0.2) is 60.0 Å². The summed E-state index contributed by atoms with van der Waals surface area (Å²) in [7, 11) is 0. The number of carbonyl (C=O) groups is 2. The van der Waals surface area contributed by atoms with Crippen LogP contribution in [0.4, 0.5) is 5.00 Å². The molecule has 5 rings (SSSR count). The van der Waals surface area contributed by atoms with Crippen molar-refractivity contribution < 1.29 is 14.3 Å². The molecule has 0 saturated heterocycles. The summed E-state index contributed by atoms with van der Waals surface area (Å²) in [6, 6.07) is 13.5. The zero-order chi connectivity index (χ0) is 24.9. The highest BCUT2D eigenvalue weighted by Gasteiger charge is 2.27. The normalized spacial score (nSPS) is 12.7. The van der Waals surface area contributed by atoms with Gasteiger partial charge in [0.1, 0.15) is 5.00 Å². The molecule has 8 nitrogen and oxygen atoms in total. The number of aromatic nitrogens is 4. The maximum absolute atomic E-state index is 13.0. The standard InChI is InChI=1S/C26H25N5O3S2/c1-2-34-25(33)22-19-10-6-7-11-20(19)36-24(22)28-21(32)16-35-26-30-29-23(17-12-14-27-15-13-17)31(26)18-8-4-3-5-9-18/h3-5,8-9,12-15H,2,6-7,10-11,16H2,1H3,(H,28,32). The minimum atomic E-state index is -0.370. The van der Waals surface area contributed by atoms with E-state index in [0.29, 0.717) is 28.2 Å². The first-order valence-electron chi connectivity index (χ1n) is 11.8. The van der Waals surface area contributed by atoms with Gasteiger partial charge in [0.15, 0.2) is 11.0 Å². The Kier molecular flexibility index (Phi) is 7.43. The number of carbonyl (C=O) groups excluding carboxylic acids is 2. The molecule has 1 aliphatic carbocycles. The highest BCUT2D eigenvalue weighted by molar-refractivity contribution is 7.99. The number of esters is 1. The van der Waals surface area contributed by atoms with E-state index in [0.717, 1.165) is 47.4 Å². The molecule has 1 aromatic carbocycles. The number of benzene rings is 1. The van der Waals surface area contributed by atoms with E-state index in [1.807, 2.05) is 47.0 Å². The number of amides is 1. The molecule has 0 unspecified atom stereocenters. The second kappa shape index (κ2) is 11.0. The van der Waals surface area contributed by atoms with Crippen LogP contribution in [0.3, 0.4) is 0 Å². The van der Waals surface area contributed by atoms with Crippen molar-refractivity contribution in [3.63, 3.8) is 0 Å². The van der Waals surface area contributed by atoms with Crippen molar-refractivity contribution in [2.24, 2.45) is 0 Å². The van der Waals surface area contributed by atoms with Gasteiger partial charge in [-0.15, -0.1) is 21.5 Å². The van der Waals surface area contributed by atoms with Gasteiger partial charge >= 0.3 is 5.97 Å². The second-order valence-corrected chi connectivity index (χ2v) is 10.2. The summed E-state index contributed by atoms with van der Waals surface area (Å²) in [4.78, 5) is 31.0. The molecular weight excluding hydrogens is 494 g/mol. The van der Waals surface area contributed by atoms with Crippen molar-refractivity contribution >= 4 is 40.0 Å². The van der Waals surface area contributed by atoms with Crippen molar-refractivity contribution in [2.45, 2.75) is 37.8 Å². The number of thioether (sulfide) groups is 1. The number of para-hydroxylation sites is 1. The van der Waals surface area contributed by atoms with Crippen molar-refractivity contribution in [2.75, 3.05) is 17.7 Å². The fourth-order valence-corrected chi connectivity index (χ4v) is 6.27. The van der Waals surface area contributed by atoms with E-state index in [1.165, 1.54) is 23.1 Å². The number of hydrogen-bond acceptors (Lipinski definition) is 8. The lowest BCUT2D eigenvalue weighted by atomic mass is 9.95. The summed E-state index contributed by atoms with van der Waals surface area (Å²) in [5.74, 6) is 0.205. The van der Waals surface area contributed by atoms with Gasteiger partial charge < -0.3 is 10.1 Å². The maximum Gasteiger partial charge on any atom is 0.341 e. The van der Waals surface area contributed by atoms with E-state index < -0.39 is 0 Å². The molecule has 0 aliphatic heterocycles. The van der Waals surface area contributed by atoms with E-state index >= 15 is 0 Å². The number of ether oxygens (including phenoxy) is 1. The summed E-state index contributed by atoms with van der Waals surface area (Å²) in [5, 5.41) is 12.9. The molecule has 1 aliphatic rings. The molecule has 10 heteroatoms. The van der Waals surface area contributed by atoms with Crippen LogP contribution in [0.25, 0.3) is 17.1 Å². The molecule has 0 bridgehead atoms. The topological polar surface area (TPSA) is 99.0 Å². The van der Waals surface area contributed by atoms with Gasteiger partial charge in [0.25, 0.3) is 0 Å². The van der Waals surface area contributed by atoms with Crippen LogP contribution < -0.4 is 5.32 Å². The third-order valence-electron chi connectivity index (χ3n) is 5.82. The van der Waals surface area contributed by atoms with Crippen molar-refractivity contribution in [1.29, 1.82) is 0 Å². The van der Waals surface area contributed by atoms with Crippen molar-refractivity contribution in [3.05, 3.63) is 70.9 Å². The summed E-state index contributed by atoms with van der Waals surface area (Å²) in [6.07, 6.45) is 7.31. The van der Waals surface area contributed by atoms with E-state index in [-0.39, 0.29) is 17.6 Å². The summed E-state index contributed by atoms with van der Waals surface area (Å²) < 4.78 is 7.23. The van der Waals surface area contributed by atoms with Crippen molar-refractivity contribution in [3.8, 4) is 17.1 Å². The van der Waals surface area contributed by atoms with Gasteiger partial charge in [-0.2, -0.15) is 0 Å². The van der Waals surface area contributed by atoms with Gasteiger partial charge in [0, 0.05) is 28.5 Å². The smallest absolute Gasteiger partial charge is 0.341 e. The predicted molar refractivity (Wildman–Crippen MR) is 141 cm³/mol. The number of hydrogen-bond donors (Lipinski definition) is 1. The van der Waals surface area contributed by atoms with Crippen LogP contribution in [-0.2, 0) is 22.4 Å². The lowest BCUT2D eigenvalue weighted by molar-refractivity contribution is -0.113. The molecule has 0 saturated carbocycles. The van der Waals surface area contributed by atoms with Gasteiger partial charge in [-0.3, -0.25) is 14.3 Å². The monoisotopic (exact) mass is 519 g/mol. The molecule has 3 aromatic heterocycles. The number of thiophene rings is 1. The molecule has 0 atom stereocenters. The van der Waals surface area contributed by atoms with Crippen LogP contribution in [0, 0.1) is 0 Å². The minimum Gasteiger partial charge on any atom is -0.462 e. The SMILES string of the molecule is CCOC(=O)c1c(NC(=O)CSc2nnc(-c3ccncc3)n2-c2ccccc2)sc2c1CCCC2. The molecule has 4 aromatic rings. The van der Waals surface area contributed by atoms with Crippen LogP contribution in [0.2, 0.25) is 0 Å². The number of nitrogens with one attached hydrogen (secondary N) is 1. The fourth-order valence-electron chi connectivity index (χ4n) is 4.23. The number of fused-ring (bicyclic) bond motifs is 1. The Morgan fingerprint density at radius 2 is 1.86 bits per heavy atom. The molecule has 0 fully saturated rings. The maximum atomic E-state index is 13.0. The van der Waals surface area contributed by atoms with Gasteiger partial charge in [-0.1, -0.05) is 30.0 Å². The van der Waals surface area contributed by atoms with Crippen LogP contribution in [0.5, 0.6) is 0 Å². The van der Waals surface area contributed by atoms with Gasteiger partial charge in [0.05, 0.1) is 17.9 Å². The highest BCUT2D eigenvalue weighted by atomic mass is 32.2.